The highest BCUT2D eigenvalue weighted by Crippen LogP contribution is 2.29. The number of hydrogen-bond donors (Lipinski definition) is 3. The number of fused-ring (bicyclic) bond motifs is 1. The van der Waals surface area contributed by atoms with Gasteiger partial charge in [0.2, 0.25) is 0 Å². The molecule has 0 aromatic heterocycles. The van der Waals surface area contributed by atoms with Gasteiger partial charge in [0, 0.05) is 38.6 Å². The number of amides is 2. The first kappa shape index (κ1) is 14.4. The molecule has 1 heterocycles. The Balaban J connectivity index is 1.48. The van der Waals surface area contributed by atoms with E-state index in [0.717, 1.165) is 12.8 Å². The van der Waals surface area contributed by atoms with Crippen LogP contribution in [0.4, 0.5) is 4.79 Å². The molecule has 1 saturated heterocycles. The zero-order chi connectivity index (χ0) is 14.7. The Morgan fingerprint density at radius 3 is 2.48 bits per heavy atom. The van der Waals surface area contributed by atoms with Gasteiger partial charge >= 0.3 is 6.03 Å². The van der Waals surface area contributed by atoms with Gasteiger partial charge in [0.1, 0.15) is 0 Å². The lowest BCUT2D eigenvalue weighted by molar-refractivity contribution is 0.0525. The monoisotopic (exact) mass is 290 g/mol. The molecule has 0 saturated carbocycles. The fourth-order valence-corrected chi connectivity index (χ4v) is 3.12. The van der Waals surface area contributed by atoms with Gasteiger partial charge in [-0.3, -0.25) is 0 Å². The first-order valence-corrected chi connectivity index (χ1v) is 7.56. The van der Waals surface area contributed by atoms with Gasteiger partial charge in [-0.2, -0.15) is 0 Å². The summed E-state index contributed by atoms with van der Waals surface area (Å²) in [6.07, 6.45) is 2.90. The van der Waals surface area contributed by atoms with Crippen molar-refractivity contribution in [2.45, 2.75) is 37.3 Å². The molecule has 1 aromatic carbocycles. The fourth-order valence-electron chi connectivity index (χ4n) is 3.12. The highest BCUT2D eigenvalue weighted by molar-refractivity contribution is 5.74. The Hall–Kier alpha value is -1.59. The summed E-state index contributed by atoms with van der Waals surface area (Å²) >= 11 is 0. The lowest BCUT2D eigenvalue weighted by atomic mass is 10.0. The van der Waals surface area contributed by atoms with Crippen molar-refractivity contribution in [3.05, 3.63) is 35.4 Å². The molecule has 3 rings (SSSR count). The number of rotatable bonds is 3. The van der Waals surface area contributed by atoms with E-state index in [4.69, 9.17) is 4.74 Å². The van der Waals surface area contributed by atoms with Crippen LogP contribution in [-0.4, -0.2) is 42.5 Å². The predicted molar refractivity (Wildman–Crippen MR) is 79.2 cm³/mol. The molecule has 0 unspecified atom stereocenters. The third-order valence-corrected chi connectivity index (χ3v) is 4.29. The van der Waals surface area contributed by atoms with Crippen molar-refractivity contribution < 1.29 is 14.6 Å². The van der Waals surface area contributed by atoms with Crippen LogP contribution in [0.2, 0.25) is 0 Å². The molecule has 3 N–H and O–H groups in total. The average Bonchev–Trinajstić information content (AvgIpc) is 2.83. The maximum absolute atomic E-state index is 11.9. The second kappa shape index (κ2) is 6.03. The fraction of sp³-hybridized carbons (Fsp3) is 0.562. The number of benzene rings is 1. The normalized spacial score (nSPS) is 20.8. The molecule has 0 spiro atoms. The number of urea groups is 1. The van der Waals surface area contributed by atoms with E-state index in [9.17, 15) is 9.90 Å². The van der Waals surface area contributed by atoms with Crippen molar-refractivity contribution in [3.8, 4) is 0 Å². The zero-order valence-electron chi connectivity index (χ0n) is 12.1. The number of nitrogens with one attached hydrogen (secondary N) is 2. The van der Waals surface area contributed by atoms with Crippen LogP contribution in [0, 0.1) is 0 Å². The number of ether oxygens (including phenoxy) is 1. The van der Waals surface area contributed by atoms with E-state index in [1.807, 2.05) is 24.3 Å². The first-order chi connectivity index (χ1) is 10.1. The Morgan fingerprint density at radius 1 is 1.24 bits per heavy atom. The summed E-state index contributed by atoms with van der Waals surface area (Å²) in [5, 5.41) is 16.4. The van der Waals surface area contributed by atoms with Crippen LogP contribution in [0.15, 0.2) is 24.3 Å². The van der Waals surface area contributed by atoms with Crippen molar-refractivity contribution in [3.63, 3.8) is 0 Å². The van der Waals surface area contributed by atoms with Crippen molar-refractivity contribution in [1.29, 1.82) is 0 Å². The Labute approximate surface area is 124 Å². The quantitative estimate of drug-likeness (QED) is 0.777. The van der Waals surface area contributed by atoms with Gasteiger partial charge in [-0.1, -0.05) is 24.3 Å². The molecule has 5 nitrogen and oxygen atoms in total. The molecule has 2 aliphatic rings. The average molecular weight is 290 g/mol. The molecule has 5 heteroatoms. The van der Waals surface area contributed by atoms with Gasteiger partial charge in [-0.05, 0) is 24.0 Å². The summed E-state index contributed by atoms with van der Waals surface area (Å²) in [4.78, 5) is 11.9. The molecule has 114 valence electrons. The van der Waals surface area contributed by atoms with Gasteiger partial charge in [-0.25, -0.2) is 4.79 Å². The Kier molecular flexibility index (Phi) is 4.12. The van der Waals surface area contributed by atoms with Crippen molar-refractivity contribution in [2.75, 3.05) is 19.8 Å². The topological polar surface area (TPSA) is 70.6 Å². The molecule has 2 amide bonds. The molecule has 1 aliphatic carbocycles. The summed E-state index contributed by atoms with van der Waals surface area (Å²) in [5.74, 6) is 0. The number of aliphatic hydroxyl groups is 1. The summed E-state index contributed by atoms with van der Waals surface area (Å²) in [7, 11) is 0. The van der Waals surface area contributed by atoms with Gasteiger partial charge in [0.05, 0.1) is 5.60 Å². The van der Waals surface area contributed by atoms with Gasteiger partial charge in [0.25, 0.3) is 0 Å². The summed E-state index contributed by atoms with van der Waals surface area (Å²) in [6, 6.07) is 8.01. The maximum atomic E-state index is 11.9. The van der Waals surface area contributed by atoms with E-state index in [0.29, 0.717) is 26.1 Å². The number of hydrogen-bond acceptors (Lipinski definition) is 3. The Morgan fingerprint density at radius 2 is 1.86 bits per heavy atom. The molecule has 21 heavy (non-hydrogen) atoms. The van der Waals surface area contributed by atoms with Gasteiger partial charge in [-0.15, -0.1) is 0 Å². The first-order valence-electron chi connectivity index (χ1n) is 7.56. The maximum Gasteiger partial charge on any atom is 0.315 e. The minimum atomic E-state index is -0.864. The molecular weight excluding hydrogens is 268 g/mol. The van der Waals surface area contributed by atoms with Crippen LogP contribution in [0.25, 0.3) is 0 Å². The zero-order valence-corrected chi connectivity index (χ0v) is 12.1. The molecule has 1 aromatic rings. The van der Waals surface area contributed by atoms with Crippen LogP contribution >= 0.6 is 0 Å². The largest absolute Gasteiger partial charge is 0.387 e. The van der Waals surface area contributed by atoms with Crippen LogP contribution in [0.1, 0.15) is 24.0 Å². The van der Waals surface area contributed by atoms with E-state index in [-0.39, 0.29) is 18.6 Å². The molecule has 0 radical (unpaired) electrons. The van der Waals surface area contributed by atoms with E-state index in [1.54, 1.807) is 0 Å². The van der Waals surface area contributed by atoms with E-state index >= 15 is 0 Å². The molecule has 0 bridgehead atoms. The van der Waals surface area contributed by atoms with Crippen molar-refractivity contribution in [2.24, 2.45) is 0 Å². The molecule has 1 aliphatic heterocycles. The van der Waals surface area contributed by atoms with E-state index in [1.165, 1.54) is 11.1 Å². The molecular formula is C16H22N2O3. The Bertz CT molecular complexity index is 487. The summed E-state index contributed by atoms with van der Waals surface area (Å²) in [5.41, 5.74) is 1.48. The van der Waals surface area contributed by atoms with Crippen LogP contribution < -0.4 is 10.6 Å². The van der Waals surface area contributed by atoms with Crippen LogP contribution in [-0.2, 0) is 17.6 Å². The van der Waals surface area contributed by atoms with Crippen LogP contribution in [0.5, 0.6) is 0 Å². The third kappa shape index (κ3) is 3.54. The second-order valence-corrected chi connectivity index (χ2v) is 6.06. The van der Waals surface area contributed by atoms with E-state index in [2.05, 4.69) is 10.6 Å². The number of carbonyl (C=O) groups excluding carboxylic acids is 1. The standard InChI is InChI=1S/C16H22N2O3/c19-15(18-14-5-7-21-8-6-14)17-11-16(20)9-12-3-1-2-4-13(12)10-16/h1-4,14,20H,5-11H2,(H2,17,18,19). The van der Waals surface area contributed by atoms with Crippen molar-refractivity contribution >= 4 is 6.03 Å². The minimum Gasteiger partial charge on any atom is -0.387 e. The highest BCUT2D eigenvalue weighted by Gasteiger charge is 2.35. The SMILES string of the molecule is O=C(NCC1(O)Cc2ccccc2C1)NC1CCOCC1. The summed E-state index contributed by atoms with van der Waals surface area (Å²) < 4.78 is 5.26. The van der Waals surface area contributed by atoms with Gasteiger partial charge in [0.15, 0.2) is 0 Å². The van der Waals surface area contributed by atoms with Crippen molar-refractivity contribution in [1.82, 2.24) is 10.6 Å². The highest BCUT2D eigenvalue weighted by atomic mass is 16.5. The third-order valence-electron chi connectivity index (χ3n) is 4.29. The van der Waals surface area contributed by atoms with Gasteiger partial charge < -0.3 is 20.5 Å². The lowest BCUT2D eigenvalue weighted by Gasteiger charge is -2.26. The summed E-state index contributed by atoms with van der Waals surface area (Å²) in [6.45, 7) is 1.67. The molecule has 1 fully saturated rings. The van der Waals surface area contributed by atoms with Crippen LogP contribution in [0.3, 0.4) is 0 Å². The number of carbonyl (C=O) groups is 1. The smallest absolute Gasteiger partial charge is 0.315 e. The lowest BCUT2D eigenvalue weighted by Crippen LogP contribution is -2.50. The predicted octanol–water partition coefficient (Wildman–Crippen LogP) is 0.994. The minimum absolute atomic E-state index is 0.175. The second-order valence-electron chi connectivity index (χ2n) is 6.06. The molecule has 0 atom stereocenters. The van der Waals surface area contributed by atoms with E-state index < -0.39 is 5.60 Å².